The Morgan fingerprint density at radius 2 is 1.64 bits per heavy atom. The van der Waals surface area contributed by atoms with Crippen molar-refractivity contribution in [2.24, 2.45) is 11.8 Å². The Kier molecular flexibility index (Phi) is 11.9. The molecule has 4 N–H and O–H groups in total. The second-order valence-electron chi connectivity index (χ2n) is 14.7. The van der Waals surface area contributed by atoms with E-state index in [4.69, 9.17) is 0 Å². The lowest BCUT2D eigenvalue weighted by molar-refractivity contribution is -0.136. The number of rotatable bonds is 10. The van der Waals surface area contributed by atoms with Gasteiger partial charge in [-0.2, -0.15) is 0 Å². The third kappa shape index (κ3) is 9.10. The molecule has 2 aromatic carbocycles. The van der Waals surface area contributed by atoms with Crippen LogP contribution in [0.3, 0.4) is 0 Å². The number of carbonyl (C=O) groups excluding carboxylic acids is 4. The molecule has 14 nitrogen and oxygen atoms in total. The molecule has 0 radical (unpaired) electrons. The number of hydrogen-bond acceptors (Lipinski definition) is 8. The first kappa shape index (κ1) is 39.7. The summed E-state index contributed by atoms with van der Waals surface area (Å²) >= 11 is 0. The van der Waals surface area contributed by atoms with E-state index >= 15 is 0 Å². The van der Waals surface area contributed by atoms with Gasteiger partial charge < -0.3 is 39.9 Å². The largest absolute Gasteiger partial charge is 0.453 e. The Balaban J connectivity index is 1.12. The van der Waals surface area contributed by atoms with E-state index in [1.54, 1.807) is 26.2 Å². The van der Waals surface area contributed by atoms with Crippen LogP contribution >= 0.6 is 0 Å². The molecule has 6 rings (SSSR count). The van der Waals surface area contributed by atoms with Crippen LogP contribution in [0.25, 0.3) is 22.0 Å². The molecule has 4 aromatic rings. The van der Waals surface area contributed by atoms with Gasteiger partial charge >= 0.3 is 12.2 Å². The highest BCUT2D eigenvalue weighted by Crippen LogP contribution is 2.41. The zero-order valence-corrected chi connectivity index (χ0v) is 31.9. The summed E-state index contributed by atoms with van der Waals surface area (Å²) in [6.45, 7) is 5.52. The molecule has 4 atom stereocenters. The number of nitrogens with one attached hydrogen (secondary N) is 4. The van der Waals surface area contributed by atoms with Crippen LogP contribution in [0.2, 0.25) is 0 Å². The number of halogens is 2. The lowest BCUT2D eigenvalue weighted by atomic mass is 10.0. The molecule has 4 unspecified atom stereocenters. The molecule has 2 aliphatic rings. The van der Waals surface area contributed by atoms with E-state index in [0.717, 1.165) is 39.6 Å². The molecule has 56 heavy (non-hydrogen) atoms. The van der Waals surface area contributed by atoms with Gasteiger partial charge in [-0.3, -0.25) is 9.59 Å². The normalized spacial score (nSPS) is 18.6. The SMILES string of the molecule is COC(=O)NCC(C)CC(=O)N1CCCC1c1ncc(C#Cc2ccc3cc(-c4cnc(C5CC(F)(F)CN5C(=O)C(NC(=O)OC)C(C)C)[nH]4)ccc3c2)[nH]1. The van der Waals surface area contributed by atoms with Gasteiger partial charge in [-0.15, -0.1) is 0 Å². The number of ether oxygens (including phenoxy) is 2. The minimum atomic E-state index is -3.13. The summed E-state index contributed by atoms with van der Waals surface area (Å²) in [5.74, 6) is 3.06. The van der Waals surface area contributed by atoms with E-state index in [-0.39, 0.29) is 29.6 Å². The van der Waals surface area contributed by atoms with Gasteiger partial charge in [-0.1, -0.05) is 44.9 Å². The van der Waals surface area contributed by atoms with Crippen LogP contribution in [0.1, 0.15) is 81.4 Å². The van der Waals surface area contributed by atoms with Crippen molar-refractivity contribution >= 4 is 34.8 Å². The zero-order valence-electron chi connectivity index (χ0n) is 31.9. The Hall–Kier alpha value is -5.98. The quantitative estimate of drug-likeness (QED) is 0.149. The highest BCUT2D eigenvalue weighted by Gasteiger charge is 2.50. The van der Waals surface area contributed by atoms with Gasteiger partial charge in [0.15, 0.2) is 0 Å². The highest BCUT2D eigenvalue weighted by atomic mass is 19.3. The Morgan fingerprint density at radius 1 is 0.929 bits per heavy atom. The summed E-state index contributed by atoms with van der Waals surface area (Å²) < 4.78 is 38.8. The summed E-state index contributed by atoms with van der Waals surface area (Å²) in [5.41, 5.74) is 2.79. The van der Waals surface area contributed by atoms with Crippen molar-refractivity contribution in [3.63, 3.8) is 0 Å². The molecule has 4 heterocycles. The van der Waals surface area contributed by atoms with E-state index in [2.05, 4.69) is 51.9 Å². The minimum Gasteiger partial charge on any atom is -0.453 e. The van der Waals surface area contributed by atoms with Crippen molar-refractivity contribution in [2.45, 2.75) is 70.5 Å². The summed E-state index contributed by atoms with van der Waals surface area (Å²) in [7, 11) is 2.47. The van der Waals surface area contributed by atoms with Crippen molar-refractivity contribution < 1.29 is 37.4 Å². The summed E-state index contributed by atoms with van der Waals surface area (Å²) in [4.78, 5) is 68.2. The third-order valence-electron chi connectivity index (χ3n) is 10.1. The number of alkyl carbamates (subject to hydrolysis) is 2. The van der Waals surface area contributed by atoms with Crippen LogP contribution < -0.4 is 10.6 Å². The van der Waals surface area contributed by atoms with E-state index in [1.165, 1.54) is 14.2 Å². The molecule has 4 amide bonds. The molecule has 0 spiro atoms. The lowest BCUT2D eigenvalue weighted by Crippen LogP contribution is -2.51. The van der Waals surface area contributed by atoms with Gasteiger partial charge in [-0.05, 0) is 59.6 Å². The molecule has 0 saturated carbocycles. The first-order valence-corrected chi connectivity index (χ1v) is 18.5. The average molecular weight is 773 g/mol. The first-order chi connectivity index (χ1) is 26.7. The van der Waals surface area contributed by atoms with Gasteiger partial charge in [0.05, 0.1) is 50.9 Å². The van der Waals surface area contributed by atoms with Crippen LogP contribution in [0.15, 0.2) is 48.8 Å². The second kappa shape index (κ2) is 16.8. The number of methoxy groups -OCH3 is 2. The standard InChI is InChI=1S/C40H46F2N8O6/c1-23(2)34(48-39(54)56-5)37(52)50-22-40(41,42)18-32(50)36-44-21-30(47-36)28-12-11-26-16-25(8-10-27(26)17-28)9-13-29-20-43-35(46-29)31-7-6-14-49(31)33(51)15-24(3)19-45-38(53)55-4/h8,10-12,16-17,20-21,23-24,31-32,34H,6-7,14-15,18-19,22H2,1-5H3,(H,43,46)(H,44,47)(H,45,53)(H,48,54). The fourth-order valence-electron chi connectivity index (χ4n) is 7.19. The van der Waals surface area contributed by atoms with Gasteiger partial charge in [0.2, 0.25) is 11.8 Å². The summed E-state index contributed by atoms with van der Waals surface area (Å²) in [6, 6.07) is 9.36. The number of aromatic nitrogens is 4. The molecule has 0 bridgehead atoms. The predicted octanol–water partition coefficient (Wildman–Crippen LogP) is 5.69. The Bertz CT molecular complexity index is 2160. The number of amides is 4. The summed E-state index contributed by atoms with van der Waals surface area (Å²) in [5, 5.41) is 6.97. The van der Waals surface area contributed by atoms with Gasteiger partial charge in [-0.25, -0.2) is 28.3 Å². The van der Waals surface area contributed by atoms with E-state index < -0.39 is 49.1 Å². The molecule has 2 aliphatic heterocycles. The fourth-order valence-corrected chi connectivity index (χ4v) is 7.19. The monoisotopic (exact) mass is 772 g/mol. The maximum Gasteiger partial charge on any atom is 0.407 e. The summed E-state index contributed by atoms with van der Waals surface area (Å²) in [6.07, 6.45) is 3.23. The first-order valence-electron chi connectivity index (χ1n) is 18.5. The lowest BCUT2D eigenvalue weighted by Gasteiger charge is -2.29. The number of hydrogen-bond donors (Lipinski definition) is 4. The van der Waals surface area contributed by atoms with Crippen LogP contribution in [0.4, 0.5) is 18.4 Å². The van der Waals surface area contributed by atoms with Crippen molar-refractivity contribution in [3.8, 4) is 23.1 Å². The fraction of sp³-hybridized carbons (Fsp3) is 0.450. The minimum absolute atomic E-state index is 0.00577. The van der Waals surface area contributed by atoms with Crippen LogP contribution in [0.5, 0.6) is 0 Å². The Morgan fingerprint density at radius 3 is 2.39 bits per heavy atom. The molecular formula is C40H46F2N8O6. The second-order valence-corrected chi connectivity index (χ2v) is 14.7. The van der Waals surface area contributed by atoms with Crippen LogP contribution in [0, 0.1) is 23.7 Å². The molecule has 0 aliphatic carbocycles. The number of carbonyl (C=O) groups is 4. The topological polar surface area (TPSA) is 175 Å². The average Bonchev–Trinajstić information content (AvgIpc) is 4.00. The van der Waals surface area contributed by atoms with Crippen LogP contribution in [-0.4, -0.2) is 99.6 Å². The van der Waals surface area contributed by atoms with Crippen LogP contribution in [-0.2, 0) is 19.1 Å². The van der Waals surface area contributed by atoms with E-state index in [0.29, 0.717) is 36.7 Å². The molecule has 2 aromatic heterocycles. The molecule has 16 heteroatoms. The van der Waals surface area contributed by atoms with E-state index in [9.17, 15) is 28.0 Å². The molecule has 2 fully saturated rings. The number of benzene rings is 2. The number of imidazole rings is 2. The number of H-pyrrole nitrogens is 2. The maximum atomic E-state index is 14.8. The van der Waals surface area contributed by atoms with Crippen molar-refractivity contribution in [2.75, 3.05) is 33.9 Å². The number of nitrogens with zero attached hydrogens (tertiary/aromatic N) is 4. The van der Waals surface area contributed by atoms with Crippen molar-refractivity contribution in [1.82, 2.24) is 40.4 Å². The van der Waals surface area contributed by atoms with Gasteiger partial charge in [0.25, 0.3) is 5.92 Å². The number of likely N-dealkylation sites (tertiary alicyclic amines) is 2. The molecule has 2 saturated heterocycles. The maximum absolute atomic E-state index is 14.8. The molecule has 296 valence electrons. The smallest absolute Gasteiger partial charge is 0.407 e. The van der Waals surface area contributed by atoms with Gasteiger partial charge in [0, 0.05) is 37.1 Å². The number of alkyl halides is 2. The van der Waals surface area contributed by atoms with Crippen molar-refractivity contribution in [1.29, 1.82) is 0 Å². The van der Waals surface area contributed by atoms with Gasteiger partial charge in [0.1, 0.15) is 23.4 Å². The van der Waals surface area contributed by atoms with Crippen molar-refractivity contribution in [3.05, 3.63) is 71.7 Å². The zero-order chi connectivity index (χ0) is 40.1. The highest BCUT2D eigenvalue weighted by molar-refractivity contribution is 5.88. The van der Waals surface area contributed by atoms with E-state index in [1.807, 2.05) is 48.2 Å². The molecular weight excluding hydrogens is 726 g/mol. The Labute approximate surface area is 323 Å². The third-order valence-corrected chi connectivity index (χ3v) is 10.1. The number of fused-ring (bicyclic) bond motifs is 1. The number of aromatic amines is 2. The predicted molar refractivity (Wildman–Crippen MR) is 202 cm³/mol.